The first-order chi connectivity index (χ1) is 10.1. The summed E-state index contributed by atoms with van der Waals surface area (Å²) in [6, 6.07) is 6.60. The monoisotopic (exact) mass is 291 g/mol. The van der Waals surface area contributed by atoms with Crippen LogP contribution in [0.2, 0.25) is 0 Å². The zero-order chi connectivity index (χ0) is 15.0. The lowest BCUT2D eigenvalue weighted by Gasteiger charge is -2.51. The summed E-state index contributed by atoms with van der Waals surface area (Å²) in [6.07, 6.45) is 5.08. The summed E-state index contributed by atoms with van der Waals surface area (Å²) in [5.41, 5.74) is -0.0415. The van der Waals surface area contributed by atoms with E-state index >= 15 is 0 Å². The fourth-order valence-corrected chi connectivity index (χ4v) is 4.16. The van der Waals surface area contributed by atoms with E-state index < -0.39 is 5.60 Å². The topological polar surface area (TPSA) is 41.9 Å². The maximum absolute atomic E-state index is 11.4. The van der Waals surface area contributed by atoms with Crippen molar-refractivity contribution in [3.63, 3.8) is 0 Å². The van der Waals surface area contributed by atoms with Crippen LogP contribution in [0.1, 0.15) is 37.7 Å². The first-order valence-corrected chi connectivity index (χ1v) is 7.75. The van der Waals surface area contributed by atoms with Crippen molar-refractivity contribution >= 4 is 0 Å². The van der Waals surface area contributed by atoms with Gasteiger partial charge in [0.05, 0.1) is 25.4 Å². The SMILES string of the molecule is COc1cccc(OC)c1C1(O)CC2CCCC(C1)N2C. The fourth-order valence-electron chi connectivity index (χ4n) is 4.16. The van der Waals surface area contributed by atoms with E-state index in [1.54, 1.807) is 14.2 Å². The summed E-state index contributed by atoms with van der Waals surface area (Å²) in [4.78, 5) is 2.44. The van der Waals surface area contributed by atoms with Crippen LogP contribution in [0.25, 0.3) is 0 Å². The maximum atomic E-state index is 11.4. The van der Waals surface area contributed by atoms with E-state index in [0.717, 1.165) is 42.7 Å². The summed E-state index contributed by atoms with van der Waals surface area (Å²) in [5.74, 6) is 1.44. The molecule has 2 bridgehead atoms. The van der Waals surface area contributed by atoms with E-state index in [1.807, 2.05) is 18.2 Å². The van der Waals surface area contributed by atoms with Crippen molar-refractivity contribution in [2.24, 2.45) is 0 Å². The van der Waals surface area contributed by atoms with Crippen molar-refractivity contribution in [1.82, 2.24) is 4.90 Å². The molecule has 2 heterocycles. The van der Waals surface area contributed by atoms with Crippen LogP contribution in [0.3, 0.4) is 0 Å². The van der Waals surface area contributed by atoms with Crippen LogP contribution in [0.4, 0.5) is 0 Å². The summed E-state index contributed by atoms with van der Waals surface area (Å²) in [6.45, 7) is 0. The van der Waals surface area contributed by atoms with Gasteiger partial charge in [0.1, 0.15) is 11.5 Å². The Hall–Kier alpha value is -1.26. The molecule has 3 rings (SSSR count). The second-order valence-electron chi connectivity index (χ2n) is 6.38. The fraction of sp³-hybridized carbons (Fsp3) is 0.647. The Kier molecular flexibility index (Phi) is 3.84. The number of piperidine rings is 2. The molecule has 1 aromatic carbocycles. The van der Waals surface area contributed by atoms with Crippen LogP contribution >= 0.6 is 0 Å². The molecule has 2 saturated heterocycles. The largest absolute Gasteiger partial charge is 0.496 e. The summed E-state index contributed by atoms with van der Waals surface area (Å²) >= 11 is 0. The minimum Gasteiger partial charge on any atom is -0.496 e. The van der Waals surface area contributed by atoms with E-state index in [1.165, 1.54) is 6.42 Å². The number of aliphatic hydroxyl groups is 1. The number of hydrogen-bond donors (Lipinski definition) is 1. The minimum absolute atomic E-state index is 0.442. The number of fused-ring (bicyclic) bond motifs is 2. The Labute approximate surface area is 126 Å². The van der Waals surface area contributed by atoms with Gasteiger partial charge in [-0.25, -0.2) is 0 Å². The molecule has 116 valence electrons. The van der Waals surface area contributed by atoms with E-state index in [9.17, 15) is 5.11 Å². The van der Waals surface area contributed by atoms with Crippen LogP contribution < -0.4 is 9.47 Å². The summed E-state index contributed by atoms with van der Waals surface area (Å²) in [7, 11) is 5.49. The normalized spacial score (nSPS) is 32.8. The summed E-state index contributed by atoms with van der Waals surface area (Å²) < 4.78 is 11.0. The molecule has 2 fully saturated rings. The quantitative estimate of drug-likeness (QED) is 0.929. The van der Waals surface area contributed by atoms with Gasteiger partial charge in [-0.15, -0.1) is 0 Å². The van der Waals surface area contributed by atoms with Crippen LogP contribution in [-0.4, -0.2) is 43.4 Å². The molecule has 0 aromatic heterocycles. The highest BCUT2D eigenvalue weighted by Crippen LogP contribution is 2.49. The van der Waals surface area contributed by atoms with Crippen molar-refractivity contribution in [2.45, 2.75) is 49.8 Å². The molecule has 2 atom stereocenters. The number of rotatable bonds is 3. The molecular weight excluding hydrogens is 266 g/mol. The van der Waals surface area contributed by atoms with Gasteiger partial charge in [-0.1, -0.05) is 12.5 Å². The van der Waals surface area contributed by atoms with Gasteiger partial charge in [-0.3, -0.25) is 0 Å². The first-order valence-electron chi connectivity index (χ1n) is 7.75. The van der Waals surface area contributed by atoms with Gasteiger partial charge in [-0.05, 0) is 44.9 Å². The van der Waals surface area contributed by atoms with Gasteiger partial charge in [-0.2, -0.15) is 0 Å². The molecule has 0 radical (unpaired) electrons. The Morgan fingerprint density at radius 3 is 2.10 bits per heavy atom. The Balaban J connectivity index is 2.03. The van der Waals surface area contributed by atoms with Crippen LogP contribution in [0.5, 0.6) is 11.5 Å². The number of ether oxygens (including phenoxy) is 2. The number of nitrogens with zero attached hydrogens (tertiary/aromatic N) is 1. The van der Waals surface area contributed by atoms with E-state index in [2.05, 4.69) is 11.9 Å². The molecule has 1 aromatic rings. The van der Waals surface area contributed by atoms with Crippen molar-refractivity contribution in [2.75, 3.05) is 21.3 Å². The third kappa shape index (κ3) is 2.40. The molecule has 0 saturated carbocycles. The molecule has 1 N–H and O–H groups in total. The Morgan fingerprint density at radius 2 is 1.62 bits per heavy atom. The van der Waals surface area contributed by atoms with E-state index in [-0.39, 0.29) is 0 Å². The molecule has 2 aliphatic rings. The molecule has 0 aliphatic carbocycles. The maximum Gasteiger partial charge on any atom is 0.128 e. The van der Waals surface area contributed by atoms with Crippen molar-refractivity contribution in [3.8, 4) is 11.5 Å². The van der Waals surface area contributed by atoms with E-state index in [0.29, 0.717) is 12.1 Å². The zero-order valence-electron chi connectivity index (χ0n) is 13.1. The Bertz CT molecular complexity index is 481. The molecule has 2 aliphatic heterocycles. The molecule has 4 heteroatoms. The zero-order valence-corrected chi connectivity index (χ0v) is 13.1. The number of benzene rings is 1. The molecular formula is C17H25NO3. The lowest BCUT2D eigenvalue weighted by Crippen LogP contribution is -2.55. The van der Waals surface area contributed by atoms with Gasteiger partial charge in [0, 0.05) is 12.1 Å². The van der Waals surface area contributed by atoms with E-state index in [4.69, 9.17) is 9.47 Å². The third-order valence-corrected chi connectivity index (χ3v) is 5.27. The van der Waals surface area contributed by atoms with Crippen molar-refractivity contribution in [3.05, 3.63) is 23.8 Å². The first kappa shape index (κ1) is 14.7. The average Bonchev–Trinajstić information content (AvgIpc) is 2.48. The average molecular weight is 291 g/mol. The molecule has 4 nitrogen and oxygen atoms in total. The lowest BCUT2D eigenvalue weighted by molar-refractivity contribution is -0.0893. The van der Waals surface area contributed by atoms with Crippen LogP contribution in [-0.2, 0) is 5.60 Å². The standard InChI is InChI=1S/C17H25NO3/c1-18-12-6-4-7-13(18)11-17(19,10-12)16-14(20-2)8-5-9-15(16)21-3/h5,8-9,12-13,19H,4,6-7,10-11H2,1-3H3. The molecule has 21 heavy (non-hydrogen) atoms. The number of hydrogen-bond acceptors (Lipinski definition) is 4. The van der Waals surface area contributed by atoms with Crippen LogP contribution in [0.15, 0.2) is 18.2 Å². The second-order valence-corrected chi connectivity index (χ2v) is 6.38. The molecule has 0 amide bonds. The Morgan fingerprint density at radius 1 is 1.10 bits per heavy atom. The van der Waals surface area contributed by atoms with Crippen molar-refractivity contribution < 1.29 is 14.6 Å². The highest BCUT2D eigenvalue weighted by molar-refractivity contribution is 5.49. The van der Waals surface area contributed by atoms with Gasteiger partial charge in [0.25, 0.3) is 0 Å². The third-order valence-electron chi connectivity index (χ3n) is 5.27. The second kappa shape index (κ2) is 5.50. The highest BCUT2D eigenvalue weighted by atomic mass is 16.5. The number of methoxy groups -OCH3 is 2. The lowest BCUT2D eigenvalue weighted by atomic mass is 9.72. The van der Waals surface area contributed by atoms with Gasteiger partial charge in [0.2, 0.25) is 0 Å². The molecule has 0 spiro atoms. The van der Waals surface area contributed by atoms with Gasteiger partial charge < -0.3 is 19.5 Å². The smallest absolute Gasteiger partial charge is 0.128 e. The van der Waals surface area contributed by atoms with Gasteiger partial charge >= 0.3 is 0 Å². The predicted molar refractivity (Wildman–Crippen MR) is 81.9 cm³/mol. The van der Waals surface area contributed by atoms with Crippen LogP contribution in [0, 0.1) is 0 Å². The highest BCUT2D eigenvalue weighted by Gasteiger charge is 2.47. The molecule has 2 unspecified atom stereocenters. The van der Waals surface area contributed by atoms with Crippen molar-refractivity contribution in [1.29, 1.82) is 0 Å². The summed E-state index contributed by atoms with van der Waals surface area (Å²) in [5, 5.41) is 11.4. The predicted octanol–water partition coefficient (Wildman–Crippen LogP) is 2.54. The van der Waals surface area contributed by atoms with Gasteiger partial charge in [0.15, 0.2) is 0 Å². The minimum atomic E-state index is -0.861.